The Labute approximate surface area is 117 Å². The molecule has 0 aliphatic heterocycles. The van der Waals surface area contributed by atoms with E-state index in [4.69, 9.17) is 10.5 Å². The highest BCUT2D eigenvalue weighted by molar-refractivity contribution is 5.48. The maximum atomic E-state index is 9.73. The molecule has 0 atom stereocenters. The predicted molar refractivity (Wildman–Crippen MR) is 77.6 cm³/mol. The highest BCUT2D eigenvalue weighted by atomic mass is 16.5. The number of aromatic nitrogens is 2. The van der Waals surface area contributed by atoms with Gasteiger partial charge in [0, 0.05) is 17.8 Å². The molecule has 1 heterocycles. The molecule has 0 unspecified atom stereocenters. The molecule has 1 aromatic heterocycles. The van der Waals surface area contributed by atoms with E-state index >= 15 is 0 Å². The molecule has 1 aromatic carbocycles. The first-order valence-corrected chi connectivity index (χ1v) is 6.34. The lowest BCUT2D eigenvalue weighted by molar-refractivity contribution is 0.232. The van der Waals surface area contributed by atoms with Gasteiger partial charge in [-0.05, 0) is 32.0 Å². The smallest absolute Gasteiger partial charge is 0.234 e. The lowest BCUT2D eigenvalue weighted by Crippen LogP contribution is -2.09. The van der Waals surface area contributed by atoms with Crippen LogP contribution < -0.4 is 15.8 Å². The molecule has 20 heavy (non-hydrogen) atoms. The summed E-state index contributed by atoms with van der Waals surface area (Å²) in [7, 11) is 0. The molecule has 6 heteroatoms. The van der Waals surface area contributed by atoms with Crippen molar-refractivity contribution >= 4 is 11.5 Å². The molecule has 0 fully saturated rings. The number of phenolic OH excluding ortho intramolecular Hbond substituents is 1. The van der Waals surface area contributed by atoms with Gasteiger partial charge in [0.2, 0.25) is 5.88 Å². The van der Waals surface area contributed by atoms with Crippen molar-refractivity contribution < 1.29 is 9.84 Å². The number of aromatic hydroxyl groups is 1. The summed E-state index contributed by atoms with van der Waals surface area (Å²) in [6, 6.07) is 4.93. The van der Waals surface area contributed by atoms with Crippen molar-refractivity contribution in [3.05, 3.63) is 36.2 Å². The third kappa shape index (κ3) is 3.74. The van der Waals surface area contributed by atoms with Crippen molar-refractivity contribution in [2.24, 2.45) is 0 Å². The van der Waals surface area contributed by atoms with Gasteiger partial charge in [-0.25, -0.2) is 0 Å². The summed E-state index contributed by atoms with van der Waals surface area (Å²) in [5.41, 5.74) is 6.98. The van der Waals surface area contributed by atoms with Gasteiger partial charge in [-0.1, -0.05) is 0 Å². The van der Waals surface area contributed by atoms with Gasteiger partial charge in [0.1, 0.15) is 11.6 Å². The van der Waals surface area contributed by atoms with Gasteiger partial charge in [-0.2, -0.15) is 4.98 Å². The number of anilines is 2. The second kappa shape index (κ2) is 6.10. The number of nitrogens with one attached hydrogen (secondary N) is 1. The van der Waals surface area contributed by atoms with E-state index in [2.05, 4.69) is 15.3 Å². The second-order valence-corrected chi connectivity index (χ2v) is 4.65. The number of nitrogens with zero attached hydrogens (tertiary/aromatic N) is 2. The summed E-state index contributed by atoms with van der Waals surface area (Å²) >= 11 is 0. The van der Waals surface area contributed by atoms with Crippen molar-refractivity contribution in [2.75, 3.05) is 11.1 Å². The minimum absolute atomic E-state index is 0.0394. The number of nitrogen functional groups attached to an aromatic ring is 1. The summed E-state index contributed by atoms with van der Waals surface area (Å²) in [6.45, 7) is 4.25. The lowest BCUT2D eigenvalue weighted by Gasteiger charge is -2.11. The van der Waals surface area contributed by atoms with Crippen molar-refractivity contribution in [1.29, 1.82) is 0 Å². The molecule has 0 aliphatic carbocycles. The molecule has 0 saturated carbocycles. The van der Waals surface area contributed by atoms with Crippen LogP contribution >= 0.6 is 0 Å². The Kier molecular flexibility index (Phi) is 4.24. The van der Waals surface area contributed by atoms with E-state index in [0.717, 1.165) is 0 Å². The minimum atomic E-state index is 0.0394. The fourth-order valence-electron chi connectivity index (χ4n) is 1.66. The highest BCUT2D eigenvalue weighted by Crippen LogP contribution is 2.21. The summed E-state index contributed by atoms with van der Waals surface area (Å²) < 4.78 is 5.47. The van der Waals surface area contributed by atoms with E-state index in [-0.39, 0.29) is 11.9 Å². The number of hydrogen-bond acceptors (Lipinski definition) is 6. The fraction of sp³-hybridized carbons (Fsp3) is 0.286. The Morgan fingerprint density at radius 3 is 2.90 bits per heavy atom. The van der Waals surface area contributed by atoms with Crippen LogP contribution in [0.2, 0.25) is 0 Å². The first kappa shape index (κ1) is 13.9. The van der Waals surface area contributed by atoms with E-state index in [1.54, 1.807) is 30.6 Å². The molecule has 0 amide bonds. The van der Waals surface area contributed by atoms with Crippen LogP contribution in [0.3, 0.4) is 0 Å². The normalized spacial score (nSPS) is 10.6. The Morgan fingerprint density at radius 2 is 2.15 bits per heavy atom. The van der Waals surface area contributed by atoms with E-state index in [1.807, 2.05) is 13.8 Å². The number of hydrogen-bond donors (Lipinski definition) is 3. The molecule has 2 aromatic rings. The molecule has 0 aliphatic rings. The van der Waals surface area contributed by atoms with Gasteiger partial charge in [-0.15, -0.1) is 0 Å². The molecule has 106 valence electrons. The molecule has 0 spiro atoms. The van der Waals surface area contributed by atoms with Crippen LogP contribution in [-0.2, 0) is 6.54 Å². The number of rotatable bonds is 5. The van der Waals surface area contributed by atoms with Gasteiger partial charge in [0.25, 0.3) is 0 Å². The Morgan fingerprint density at radius 1 is 1.35 bits per heavy atom. The van der Waals surface area contributed by atoms with E-state index < -0.39 is 0 Å². The zero-order valence-electron chi connectivity index (χ0n) is 11.5. The summed E-state index contributed by atoms with van der Waals surface area (Å²) in [4.78, 5) is 8.32. The van der Waals surface area contributed by atoms with Gasteiger partial charge in [-0.3, -0.25) is 4.98 Å². The van der Waals surface area contributed by atoms with Gasteiger partial charge < -0.3 is 20.9 Å². The van der Waals surface area contributed by atoms with E-state index in [1.165, 1.54) is 0 Å². The number of nitrogens with two attached hydrogens (primary N) is 1. The van der Waals surface area contributed by atoms with Crippen LogP contribution in [0.4, 0.5) is 11.5 Å². The number of phenols is 1. The number of benzene rings is 1. The number of ether oxygens (including phenoxy) is 1. The maximum absolute atomic E-state index is 9.73. The van der Waals surface area contributed by atoms with Crippen molar-refractivity contribution in [3.8, 4) is 11.6 Å². The molecule has 4 N–H and O–H groups in total. The Balaban J connectivity index is 2.05. The average molecular weight is 274 g/mol. The summed E-state index contributed by atoms with van der Waals surface area (Å²) in [5.74, 6) is 1.22. The topological polar surface area (TPSA) is 93.3 Å². The monoisotopic (exact) mass is 274 g/mol. The standard InChI is InChI=1S/C14H18N4O2/c1-9(2)20-14-8-16-7-13(18-14)17-6-10-5-11(15)3-4-12(10)19/h3-5,7-9,19H,6,15H2,1-2H3,(H,17,18). The first-order valence-electron chi connectivity index (χ1n) is 6.34. The Hall–Kier alpha value is -2.50. The zero-order chi connectivity index (χ0) is 14.5. The molecule has 0 radical (unpaired) electrons. The van der Waals surface area contributed by atoms with Crippen LogP contribution in [0, 0.1) is 0 Å². The molecular weight excluding hydrogens is 256 g/mol. The van der Waals surface area contributed by atoms with Crippen LogP contribution in [0.15, 0.2) is 30.6 Å². The van der Waals surface area contributed by atoms with Gasteiger partial charge >= 0.3 is 0 Å². The molecular formula is C14H18N4O2. The van der Waals surface area contributed by atoms with E-state index in [9.17, 15) is 5.11 Å². The van der Waals surface area contributed by atoms with Crippen molar-refractivity contribution in [1.82, 2.24) is 9.97 Å². The van der Waals surface area contributed by atoms with Crippen molar-refractivity contribution in [2.45, 2.75) is 26.5 Å². The van der Waals surface area contributed by atoms with Gasteiger partial charge in [0.05, 0.1) is 18.5 Å². The molecule has 0 bridgehead atoms. The summed E-state index contributed by atoms with van der Waals surface area (Å²) in [5, 5.41) is 12.8. The third-order valence-corrected chi connectivity index (χ3v) is 2.53. The van der Waals surface area contributed by atoms with Crippen LogP contribution in [0.25, 0.3) is 0 Å². The third-order valence-electron chi connectivity index (χ3n) is 2.53. The first-order chi connectivity index (χ1) is 9.54. The highest BCUT2D eigenvalue weighted by Gasteiger charge is 2.04. The lowest BCUT2D eigenvalue weighted by atomic mass is 10.2. The Bertz CT molecular complexity index is 587. The predicted octanol–water partition coefficient (Wildman–Crippen LogP) is 2.16. The summed E-state index contributed by atoms with van der Waals surface area (Å²) in [6.07, 6.45) is 3.19. The SMILES string of the molecule is CC(C)Oc1cncc(NCc2cc(N)ccc2O)n1. The fourth-order valence-corrected chi connectivity index (χ4v) is 1.66. The van der Waals surface area contributed by atoms with Crippen LogP contribution in [0.5, 0.6) is 11.6 Å². The van der Waals surface area contributed by atoms with E-state index in [0.29, 0.717) is 29.5 Å². The molecule has 0 saturated heterocycles. The average Bonchev–Trinajstić information content (AvgIpc) is 2.39. The quantitative estimate of drug-likeness (QED) is 0.571. The zero-order valence-corrected chi connectivity index (χ0v) is 11.5. The molecule has 2 rings (SSSR count). The van der Waals surface area contributed by atoms with Crippen LogP contribution in [0.1, 0.15) is 19.4 Å². The molecule has 6 nitrogen and oxygen atoms in total. The van der Waals surface area contributed by atoms with Gasteiger partial charge in [0.15, 0.2) is 0 Å². The van der Waals surface area contributed by atoms with Crippen molar-refractivity contribution in [3.63, 3.8) is 0 Å². The second-order valence-electron chi connectivity index (χ2n) is 4.65. The minimum Gasteiger partial charge on any atom is -0.508 e. The van der Waals surface area contributed by atoms with Crippen LogP contribution in [-0.4, -0.2) is 21.2 Å². The maximum Gasteiger partial charge on any atom is 0.234 e. The largest absolute Gasteiger partial charge is 0.508 e.